The zero-order chi connectivity index (χ0) is 11.7. The van der Waals surface area contributed by atoms with Gasteiger partial charge in [0.15, 0.2) is 0 Å². The molecule has 1 heterocycles. The highest BCUT2D eigenvalue weighted by Crippen LogP contribution is 2.30. The van der Waals surface area contributed by atoms with Gasteiger partial charge in [-0.05, 0) is 28.4 Å². The summed E-state index contributed by atoms with van der Waals surface area (Å²) in [4.78, 5) is 10.3. The van der Waals surface area contributed by atoms with Gasteiger partial charge in [-0.15, -0.1) is 0 Å². The molecule has 0 aliphatic heterocycles. The molecule has 0 fully saturated rings. The molecule has 0 aliphatic carbocycles. The van der Waals surface area contributed by atoms with Crippen molar-refractivity contribution in [2.24, 2.45) is 0 Å². The third-order valence-corrected chi connectivity index (χ3v) is 3.08. The average Bonchev–Trinajstić information content (AvgIpc) is 2.62. The molecule has 0 atom stereocenters. The summed E-state index contributed by atoms with van der Waals surface area (Å²) in [6.45, 7) is 3.02. The standard InChI is InChI=1S/C11H11BrN2O2/c1-2-4-13-5-3-8-6-9(14(15)16)7-10(12)11(8)13/h3,5-7H,2,4H2,1H3. The second-order valence-corrected chi connectivity index (χ2v) is 4.49. The first-order valence-corrected chi connectivity index (χ1v) is 5.85. The van der Waals surface area contributed by atoms with E-state index in [4.69, 9.17) is 0 Å². The minimum atomic E-state index is -0.374. The van der Waals surface area contributed by atoms with Crippen molar-refractivity contribution in [2.75, 3.05) is 0 Å². The molecule has 2 rings (SSSR count). The maximum atomic E-state index is 10.7. The van der Waals surface area contributed by atoms with E-state index in [1.54, 1.807) is 12.1 Å². The zero-order valence-corrected chi connectivity index (χ0v) is 10.4. The van der Waals surface area contributed by atoms with Crippen molar-refractivity contribution in [1.82, 2.24) is 4.57 Å². The number of rotatable bonds is 3. The summed E-state index contributed by atoms with van der Waals surface area (Å²) in [6, 6.07) is 5.06. The number of nitrogens with zero attached hydrogens (tertiary/aromatic N) is 2. The van der Waals surface area contributed by atoms with Crippen molar-refractivity contribution in [3.8, 4) is 0 Å². The van der Waals surface area contributed by atoms with E-state index in [0.717, 1.165) is 28.3 Å². The lowest BCUT2D eigenvalue weighted by molar-refractivity contribution is -0.384. The van der Waals surface area contributed by atoms with E-state index < -0.39 is 0 Å². The quantitative estimate of drug-likeness (QED) is 0.636. The third kappa shape index (κ3) is 1.82. The third-order valence-electron chi connectivity index (χ3n) is 2.47. The topological polar surface area (TPSA) is 48.1 Å². The molecule has 0 spiro atoms. The monoisotopic (exact) mass is 282 g/mol. The summed E-state index contributed by atoms with van der Waals surface area (Å²) in [5, 5.41) is 11.6. The van der Waals surface area contributed by atoms with Crippen LogP contribution in [0.5, 0.6) is 0 Å². The van der Waals surface area contributed by atoms with E-state index in [-0.39, 0.29) is 10.6 Å². The molecule has 0 radical (unpaired) electrons. The van der Waals surface area contributed by atoms with Crippen LogP contribution in [0, 0.1) is 10.1 Å². The van der Waals surface area contributed by atoms with E-state index in [1.165, 1.54) is 0 Å². The molecule has 0 aliphatic rings. The van der Waals surface area contributed by atoms with Gasteiger partial charge < -0.3 is 4.57 Å². The lowest BCUT2D eigenvalue weighted by Crippen LogP contribution is -1.95. The van der Waals surface area contributed by atoms with Gasteiger partial charge in [0.1, 0.15) is 0 Å². The molecule has 5 heteroatoms. The Labute approximate surface area is 101 Å². The van der Waals surface area contributed by atoms with E-state index in [2.05, 4.69) is 27.4 Å². The number of fused-ring (bicyclic) bond motifs is 1. The number of aromatic nitrogens is 1. The number of aryl methyl sites for hydroxylation is 1. The lowest BCUT2D eigenvalue weighted by Gasteiger charge is -2.04. The SMILES string of the molecule is CCCn1ccc2cc([N+](=O)[O-])cc(Br)c21. The molecule has 1 aromatic carbocycles. The van der Waals surface area contributed by atoms with Crippen molar-refractivity contribution in [2.45, 2.75) is 19.9 Å². The Balaban J connectivity index is 2.64. The summed E-state index contributed by atoms with van der Waals surface area (Å²) in [5.74, 6) is 0. The van der Waals surface area contributed by atoms with Gasteiger partial charge >= 0.3 is 0 Å². The minimum absolute atomic E-state index is 0.119. The summed E-state index contributed by atoms with van der Waals surface area (Å²) in [7, 11) is 0. The van der Waals surface area contributed by atoms with Gasteiger partial charge in [-0.1, -0.05) is 6.92 Å². The van der Waals surface area contributed by atoms with Crippen LogP contribution in [0.3, 0.4) is 0 Å². The zero-order valence-electron chi connectivity index (χ0n) is 8.81. The molecule has 0 N–H and O–H groups in total. The van der Waals surface area contributed by atoms with Crippen LogP contribution < -0.4 is 0 Å². The van der Waals surface area contributed by atoms with Gasteiger partial charge in [0.25, 0.3) is 5.69 Å². The number of hydrogen-bond donors (Lipinski definition) is 0. The first-order chi connectivity index (χ1) is 7.63. The Hall–Kier alpha value is -1.36. The summed E-state index contributed by atoms with van der Waals surface area (Å²) >= 11 is 3.39. The highest BCUT2D eigenvalue weighted by atomic mass is 79.9. The van der Waals surface area contributed by atoms with Crippen molar-refractivity contribution < 1.29 is 4.92 Å². The average molecular weight is 283 g/mol. The fourth-order valence-corrected chi connectivity index (χ4v) is 2.50. The van der Waals surface area contributed by atoms with Crippen LogP contribution in [0.4, 0.5) is 5.69 Å². The molecule has 0 amide bonds. The fourth-order valence-electron chi connectivity index (χ4n) is 1.81. The van der Waals surface area contributed by atoms with Gasteiger partial charge in [0.2, 0.25) is 0 Å². The van der Waals surface area contributed by atoms with Gasteiger partial charge in [0, 0.05) is 34.7 Å². The van der Waals surface area contributed by atoms with E-state index in [1.807, 2.05) is 12.3 Å². The maximum absolute atomic E-state index is 10.7. The Morgan fingerprint density at radius 1 is 1.50 bits per heavy atom. The Morgan fingerprint density at radius 3 is 2.88 bits per heavy atom. The van der Waals surface area contributed by atoms with Crippen molar-refractivity contribution >= 4 is 32.5 Å². The first-order valence-electron chi connectivity index (χ1n) is 5.06. The van der Waals surface area contributed by atoms with Crippen LogP contribution in [0.1, 0.15) is 13.3 Å². The molecule has 16 heavy (non-hydrogen) atoms. The van der Waals surface area contributed by atoms with Gasteiger partial charge in [-0.25, -0.2) is 0 Å². The smallest absolute Gasteiger partial charge is 0.271 e. The number of non-ortho nitro benzene ring substituents is 1. The highest BCUT2D eigenvalue weighted by Gasteiger charge is 2.12. The van der Waals surface area contributed by atoms with Crippen molar-refractivity contribution in [3.63, 3.8) is 0 Å². The Morgan fingerprint density at radius 2 is 2.25 bits per heavy atom. The van der Waals surface area contributed by atoms with Crippen LogP contribution in [0.2, 0.25) is 0 Å². The number of halogens is 1. The largest absolute Gasteiger partial charge is 0.347 e. The normalized spacial score (nSPS) is 10.9. The molecule has 0 saturated carbocycles. The van der Waals surface area contributed by atoms with Crippen molar-refractivity contribution in [1.29, 1.82) is 0 Å². The molecular weight excluding hydrogens is 272 g/mol. The predicted molar refractivity (Wildman–Crippen MR) is 66.6 cm³/mol. The molecule has 1 aromatic heterocycles. The van der Waals surface area contributed by atoms with E-state index in [9.17, 15) is 10.1 Å². The van der Waals surface area contributed by atoms with Gasteiger partial charge in [0.05, 0.1) is 10.4 Å². The van der Waals surface area contributed by atoms with Crippen LogP contribution in [0.15, 0.2) is 28.9 Å². The number of nitro groups is 1. The summed E-state index contributed by atoms with van der Waals surface area (Å²) in [5.41, 5.74) is 1.14. The molecule has 84 valence electrons. The number of nitro benzene ring substituents is 1. The summed E-state index contributed by atoms with van der Waals surface area (Å²) < 4.78 is 2.87. The Bertz CT molecular complexity index is 548. The van der Waals surface area contributed by atoms with E-state index >= 15 is 0 Å². The van der Waals surface area contributed by atoms with Gasteiger partial charge in [-0.2, -0.15) is 0 Å². The number of benzene rings is 1. The summed E-state index contributed by atoms with van der Waals surface area (Å²) in [6.07, 6.45) is 3.00. The second kappa shape index (κ2) is 4.25. The molecule has 0 bridgehead atoms. The van der Waals surface area contributed by atoms with Crippen LogP contribution >= 0.6 is 15.9 Å². The predicted octanol–water partition coefficient (Wildman–Crippen LogP) is 3.72. The molecular formula is C11H11BrN2O2. The van der Waals surface area contributed by atoms with Crippen molar-refractivity contribution in [3.05, 3.63) is 39.0 Å². The molecule has 2 aromatic rings. The van der Waals surface area contributed by atoms with Crippen LogP contribution in [0.25, 0.3) is 10.9 Å². The van der Waals surface area contributed by atoms with E-state index in [0.29, 0.717) is 0 Å². The van der Waals surface area contributed by atoms with Crippen LogP contribution in [-0.4, -0.2) is 9.49 Å². The molecule has 0 saturated heterocycles. The Kier molecular flexibility index (Phi) is 2.96. The lowest BCUT2D eigenvalue weighted by atomic mass is 10.2. The maximum Gasteiger partial charge on any atom is 0.271 e. The van der Waals surface area contributed by atoms with Crippen LogP contribution in [-0.2, 0) is 6.54 Å². The first kappa shape index (κ1) is 11.1. The number of hydrogen-bond acceptors (Lipinski definition) is 2. The highest BCUT2D eigenvalue weighted by molar-refractivity contribution is 9.10. The molecule has 4 nitrogen and oxygen atoms in total. The van der Waals surface area contributed by atoms with Gasteiger partial charge in [-0.3, -0.25) is 10.1 Å². The fraction of sp³-hybridized carbons (Fsp3) is 0.273. The minimum Gasteiger partial charge on any atom is -0.347 e. The second-order valence-electron chi connectivity index (χ2n) is 3.63. The molecule has 0 unspecified atom stereocenters.